The number of furan rings is 1. The van der Waals surface area contributed by atoms with Crippen LogP contribution in [0, 0.1) is 18.8 Å². The van der Waals surface area contributed by atoms with Gasteiger partial charge in [0.2, 0.25) is 0 Å². The average molecular weight is 194 g/mol. The second-order valence-electron chi connectivity index (χ2n) is 4.63. The lowest BCUT2D eigenvalue weighted by atomic mass is 9.93. The van der Waals surface area contributed by atoms with E-state index in [1.807, 2.05) is 6.92 Å². The van der Waals surface area contributed by atoms with Gasteiger partial charge in [-0.05, 0) is 37.2 Å². The van der Waals surface area contributed by atoms with Crippen LogP contribution in [0.5, 0.6) is 0 Å². The zero-order chi connectivity index (χ0) is 10.1. The third kappa shape index (κ3) is 1.71. The van der Waals surface area contributed by atoms with Crippen LogP contribution in [0.2, 0.25) is 0 Å². The highest BCUT2D eigenvalue weighted by molar-refractivity contribution is 5.22. The predicted octanol–water partition coefficient (Wildman–Crippen LogP) is 3.06. The molecule has 2 rings (SSSR count). The van der Waals surface area contributed by atoms with Crippen LogP contribution in [-0.4, -0.2) is 5.11 Å². The Kier molecular flexibility index (Phi) is 2.64. The summed E-state index contributed by atoms with van der Waals surface area (Å²) in [7, 11) is 0. The second kappa shape index (κ2) is 3.77. The Morgan fingerprint density at radius 1 is 1.43 bits per heavy atom. The molecule has 2 nitrogen and oxygen atoms in total. The van der Waals surface area contributed by atoms with Crippen molar-refractivity contribution in [1.82, 2.24) is 0 Å². The van der Waals surface area contributed by atoms with Gasteiger partial charge in [-0.1, -0.05) is 13.3 Å². The summed E-state index contributed by atoms with van der Waals surface area (Å²) >= 11 is 0. The minimum absolute atomic E-state index is 0.321. The van der Waals surface area contributed by atoms with Gasteiger partial charge in [0.1, 0.15) is 0 Å². The van der Waals surface area contributed by atoms with Crippen molar-refractivity contribution in [3.63, 3.8) is 0 Å². The van der Waals surface area contributed by atoms with E-state index in [4.69, 9.17) is 4.42 Å². The third-order valence-electron chi connectivity index (χ3n) is 3.40. The van der Waals surface area contributed by atoms with Crippen molar-refractivity contribution < 1.29 is 9.52 Å². The molecule has 0 radical (unpaired) electrons. The van der Waals surface area contributed by atoms with Crippen molar-refractivity contribution in [3.05, 3.63) is 23.7 Å². The van der Waals surface area contributed by atoms with Gasteiger partial charge in [-0.25, -0.2) is 0 Å². The predicted molar refractivity (Wildman–Crippen MR) is 54.9 cm³/mol. The van der Waals surface area contributed by atoms with Crippen LogP contribution in [0.1, 0.15) is 43.4 Å². The highest BCUT2D eigenvalue weighted by atomic mass is 16.3. The maximum Gasteiger partial charge on any atom is 0.0963 e. The molecule has 0 bridgehead atoms. The lowest BCUT2D eigenvalue weighted by Crippen LogP contribution is -2.09. The van der Waals surface area contributed by atoms with E-state index in [1.54, 1.807) is 12.5 Å². The molecule has 1 aromatic heterocycles. The molecule has 2 heteroatoms. The van der Waals surface area contributed by atoms with E-state index < -0.39 is 0 Å². The van der Waals surface area contributed by atoms with E-state index in [0.717, 1.165) is 29.9 Å². The Bertz CT molecular complexity index is 303. The fourth-order valence-electron chi connectivity index (χ4n) is 2.47. The summed E-state index contributed by atoms with van der Waals surface area (Å²) < 4.78 is 5.09. The van der Waals surface area contributed by atoms with Gasteiger partial charge in [-0.2, -0.15) is 0 Å². The Balaban J connectivity index is 2.09. The Morgan fingerprint density at radius 2 is 2.21 bits per heavy atom. The molecule has 1 aliphatic rings. The van der Waals surface area contributed by atoms with Gasteiger partial charge in [0.25, 0.3) is 0 Å². The number of rotatable bonds is 2. The summed E-state index contributed by atoms with van der Waals surface area (Å²) in [6.07, 6.45) is 6.61. The first-order valence-electron chi connectivity index (χ1n) is 5.39. The van der Waals surface area contributed by atoms with Gasteiger partial charge >= 0.3 is 0 Å². The van der Waals surface area contributed by atoms with Gasteiger partial charge in [0, 0.05) is 5.56 Å². The standard InChI is InChI=1S/C12H18O2/c1-8-3-4-10(5-8)12(13)11-7-14-6-9(11)2/h6-8,10,12-13H,3-5H2,1-2H3. The van der Waals surface area contributed by atoms with Crippen LogP contribution in [0.25, 0.3) is 0 Å². The van der Waals surface area contributed by atoms with Gasteiger partial charge in [-0.15, -0.1) is 0 Å². The molecular formula is C12H18O2. The first kappa shape index (κ1) is 9.78. The molecule has 0 aliphatic heterocycles. The van der Waals surface area contributed by atoms with Crippen LogP contribution < -0.4 is 0 Å². The molecule has 0 spiro atoms. The first-order chi connectivity index (χ1) is 6.68. The smallest absolute Gasteiger partial charge is 0.0963 e. The largest absolute Gasteiger partial charge is 0.472 e. The summed E-state index contributed by atoms with van der Waals surface area (Å²) in [5.41, 5.74) is 2.04. The number of aliphatic hydroxyl groups excluding tert-OH is 1. The van der Waals surface area contributed by atoms with Crippen molar-refractivity contribution in [1.29, 1.82) is 0 Å². The van der Waals surface area contributed by atoms with Gasteiger partial charge < -0.3 is 9.52 Å². The van der Waals surface area contributed by atoms with E-state index in [-0.39, 0.29) is 6.10 Å². The van der Waals surface area contributed by atoms with Gasteiger partial charge in [0.05, 0.1) is 18.6 Å². The quantitative estimate of drug-likeness (QED) is 0.785. The van der Waals surface area contributed by atoms with E-state index in [9.17, 15) is 5.11 Å². The highest BCUT2D eigenvalue weighted by Crippen LogP contribution is 2.39. The van der Waals surface area contributed by atoms with E-state index >= 15 is 0 Å². The summed E-state index contributed by atoms with van der Waals surface area (Å²) in [6.45, 7) is 4.25. The normalized spacial score (nSPS) is 29.4. The fraction of sp³-hybridized carbons (Fsp3) is 0.667. The Labute approximate surface area is 84.9 Å². The fourth-order valence-corrected chi connectivity index (χ4v) is 2.47. The molecule has 0 amide bonds. The lowest BCUT2D eigenvalue weighted by Gasteiger charge is -2.17. The molecule has 14 heavy (non-hydrogen) atoms. The zero-order valence-corrected chi connectivity index (χ0v) is 8.86. The average Bonchev–Trinajstić information content (AvgIpc) is 2.73. The maximum absolute atomic E-state index is 10.1. The maximum atomic E-state index is 10.1. The monoisotopic (exact) mass is 194 g/mol. The molecule has 1 N–H and O–H groups in total. The third-order valence-corrected chi connectivity index (χ3v) is 3.40. The van der Waals surface area contributed by atoms with E-state index in [0.29, 0.717) is 5.92 Å². The van der Waals surface area contributed by atoms with Crippen molar-refractivity contribution >= 4 is 0 Å². The molecule has 1 aromatic rings. The highest BCUT2D eigenvalue weighted by Gasteiger charge is 2.29. The molecule has 78 valence electrons. The summed E-state index contributed by atoms with van der Waals surface area (Å²) in [5, 5.41) is 10.1. The second-order valence-corrected chi connectivity index (χ2v) is 4.63. The SMILES string of the molecule is Cc1cocc1C(O)C1CCC(C)C1. The van der Waals surface area contributed by atoms with E-state index in [1.165, 1.54) is 6.42 Å². The van der Waals surface area contributed by atoms with Gasteiger partial charge in [-0.3, -0.25) is 0 Å². The minimum Gasteiger partial charge on any atom is -0.472 e. The molecule has 0 aromatic carbocycles. The number of aliphatic hydroxyl groups is 1. The summed E-state index contributed by atoms with van der Waals surface area (Å²) in [5.74, 6) is 1.20. The van der Waals surface area contributed by atoms with Crippen LogP contribution >= 0.6 is 0 Å². The Morgan fingerprint density at radius 3 is 2.71 bits per heavy atom. The lowest BCUT2D eigenvalue weighted by molar-refractivity contribution is 0.108. The van der Waals surface area contributed by atoms with Crippen LogP contribution in [0.15, 0.2) is 16.9 Å². The number of hydrogen-bond donors (Lipinski definition) is 1. The Hall–Kier alpha value is -0.760. The van der Waals surface area contributed by atoms with Crippen molar-refractivity contribution in [2.75, 3.05) is 0 Å². The van der Waals surface area contributed by atoms with Crippen LogP contribution in [0.3, 0.4) is 0 Å². The number of aryl methyl sites for hydroxylation is 1. The molecule has 0 saturated heterocycles. The van der Waals surface area contributed by atoms with Crippen molar-refractivity contribution in [2.45, 2.75) is 39.2 Å². The van der Waals surface area contributed by atoms with Crippen molar-refractivity contribution in [3.8, 4) is 0 Å². The molecule has 3 atom stereocenters. The molecule has 1 saturated carbocycles. The van der Waals surface area contributed by atoms with Crippen molar-refractivity contribution in [2.24, 2.45) is 11.8 Å². The topological polar surface area (TPSA) is 33.4 Å². The molecule has 3 unspecified atom stereocenters. The zero-order valence-electron chi connectivity index (χ0n) is 8.86. The molecular weight excluding hydrogens is 176 g/mol. The summed E-state index contributed by atoms with van der Waals surface area (Å²) in [6, 6.07) is 0. The summed E-state index contributed by atoms with van der Waals surface area (Å²) in [4.78, 5) is 0. The minimum atomic E-state index is -0.321. The number of hydrogen-bond acceptors (Lipinski definition) is 2. The first-order valence-corrected chi connectivity index (χ1v) is 5.39. The van der Waals surface area contributed by atoms with Gasteiger partial charge in [0.15, 0.2) is 0 Å². The van der Waals surface area contributed by atoms with Crippen LogP contribution in [0.4, 0.5) is 0 Å². The molecule has 1 heterocycles. The molecule has 1 aliphatic carbocycles. The van der Waals surface area contributed by atoms with Crippen LogP contribution in [-0.2, 0) is 0 Å². The molecule has 1 fully saturated rings. The van der Waals surface area contributed by atoms with E-state index in [2.05, 4.69) is 6.92 Å².